The molecule has 2 aromatic heterocycles. The molecule has 1 aromatic carbocycles. The molecule has 0 bridgehead atoms. The lowest BCUT2D eigenvalue weighted by atomic mass is 9.97. The van der Waals surface area contributed by atoms with Crippen molar-refractivity contribution in [2.75, 3.05) is 11.9 Å². The van der Waals surface area contributed by atoms with E-state index < -0.39 is 11.5 Å². The van der Waals surface area contributed by atoms with E-state index >= 15 is 0 Å². The summed E-state index contributed by atoms with van der Waals surface area (Å²) in [5.41, 5.74) is 0.0337. The zero-order chi connectivity index (χ0) is 23.3. The Bertz CT molecular complexity index is 1160. The van der Waals surface area contributed by atoms with E-state index in [1.807, 2.05) is 13.8 Å². The summed E-state index contributed by atoms with van der Waals surface area (Å²) < 4.78 is 6.30. The van der Waals surface area contributed by atoms with Gasteiger partial charge in [-0.25, -0.2) is 4.79 Å². The second-order valence-electron chi connectivity index (χ2n) is 7.38. The van der Waals surface area contributed by atoms with E-state index in [9.17, 15) is 14.4 Å². The first kappa shape index (κ1) is 23.9. The third kappa shape index (κ3) is 5.02. The van der Waals surface area contributed by atoms with E-state index in [1.165, 1.54) is 11.3 Å². The van der Waals surface area contributed by atoms with Gasteiger partial charge in [0, 0.05) is 21.7 Å². The van der Waals surface area contributed by atoms with Gasteiger partial charge in [0.2, 0.25) is 5.91 Å². The molecule has 3 rings (SSSR count). The molecule has 0 aliphatic rings. The summed E-state index contributed by atoms with van der Waals surface area (Å²) in [5.74, 6) is -0.887. The number of halogens is 1. The van der Waals surface area contributed by atoms with Crippen LogP contribution in [0.1, 0.15) is 56.9 Å². The van der Waals surface area contributed by atoms with Gasteiger partial charge < -0.3 is 10.1 Å². The number of esters is 1. The summed E-state index contributed by atoms with van der Waals surface area (Å²) in [7, 11) is 0. The molecule has 32 heavy (non-hydrogen) atoms. The fourth-order valence-corrected chi connectivity index (χ4v) is 4.63. The van der Waals surface area contributed by atoms with Crippen LogP contribution in [0.4, 0.5) is 5.00 Å². The predicted molar refractivity (Wildman–Crippen MR) is 128 cm³/mol. The SMILES string of the molecule is CCCC(CCC)C(=O)Nc1scc2c(C(=O)OCC)nn(-c3ccc(Cl)cc3)c(=O)c12. The summed E-state index contributed by atoms with van der Waals surface area (Å²) in [5, 5.41) is 10.4. The highest BCUT2D eigenvalue weighted by atomic mass is 35.5. The zero-order valence-electron chi connectivity index (χ0n) is 18.3. The molecule has 0 aliphatic carbocycles. The number of nitrogens with one attached hydrogen (secondary N) is 1. The topological polar surface area (TPSA) is 90.3 Å². The van der Waals surface area contributed by atoms with Gasteiger partial charge in [-0.3, -0.25) is 9.59 Å². The number of ether oxygens (including phenoxy) is 1. The highest BCUT2D eigenvalue weighted by molar-refractivity contribution is 7.16. The molecule has 0 radical (unpaired) electrons. The molecule has 0 atom stereocenters. The summed E-state index contributed by atoms with van der Waals surface area (Å²) in [6.45, 7) is 5.95. The van der Waals surface area contributed by atoms with Crippen LogP contribution in [0.3, 0.4) is 0 Å². The molecule has 0 fully saturated rings. The second-order valence-corrected chi connectivity index (χ2v) is 8.70. The minimum Gasteiger partial charge on any atom is -0.461 e. The molecule has 0 unspecified atom stereocenters. The Morgan fingerprint density at radius 3 is 2.41 bits per heavy atom. The van der Waals surface area contributed by atoms with Crippen molar-refractivity contribution in [3.8, 4) is 5.69 Å². The van der Waals surface area contributed by atoms with Crippen LogP contribution in [-0.2, 0) is 9.53 Å². The first-order valence-corrected chi connectivity index (χ1v) is 11.9. The number of carbonyl (C=O) groups excluding carboxylic acids is 2. The highest BCUT2D eigenvalue weighted by Gasteiger charge is 2.24. The Morgan fingerprint density at radius 1 is 1.16 bits per heavy atom. The predicted octanol–water partition coefficient (Wildman–Crippen LogP) is 5.43. The van der Waals surface area contributed by atoms with Crippen LogP contribution < -0.4 is 10.9 Å². The highest BCUT2D eigenvalue weighted by Crippen LogP contribution is 2.31. The number of nitrogens with zero attached hydrogens (tertiary/aromatic N) is 2. The Morgan fingerprint density at radius 2 is 1.81 bits per heavy atom. The first-order valence-electron chi connectivity index (χ1n) is 10.7. The maximum atomic E-state index is 13.4. The van der Waals surface area contributed by atoms with Crippen LogP contribution in [-0.4, -0.2) is 28.3 Å². The number of aromatic nitrogens is 2. The van der Waals surface area contributed by atoms with Crippen molar-refractivity contribution >= 4 is 50.6 Å². The number of anilines is 1. The molecule has 7 nitrogen and oxygen atoms in total. The molecule has 3 aromatic rings. The van der Waals surface area contributed by atoms with Crippen LogP contribution in [0.15, 0.2) is 34.4 Å². The molecular formula is C23H26ClN3O4S. The van der Waals surface area contributed by atoms with Gasteiger partial charge >= 0.3 is 5.97 Å². The van der Waals surface area contributed by atoms with Gasteiger partial charge in [0.1, 0.15) is 5.00 Å². The lowest BCUT2D eigenvalue weighted by Gasteiger charge is -2.15. The number of fused-ring (bicyclic) bond motifs is 1. The van der Waals surface area contributed by atoms with Gasteiger partial charge in [0.25, 0.3) is 5.56 Å². The standard InChI is InChI=1S/C23H26ClN3O4S/c1-4-7-14(8-5-2)20(28)25-21-18-17(13-32-21)19(23(30)31-6-3)26-27(22(18)29)16-11-9-15(24)10-12-16/h9-14H,4-8H2,1-3H3,(H,25,28). The minimum atomic E-state index is -0.634. The van der Waals surface area contributed by atoms with E-state index in [4.69, 9.17) is 16.3 Å². The van der Waals surface area contributed by atoms with E-state index in [2.05, 4.69) is 10.4 Å². The van der Waals surface area contributed by atoms with E-state index in [0.717, 1.165) is 30.4 Å². The minimum absolute atomic E-state index is 0.0202. The number of carbonyl (C=O) groups is 2. The maximum absolute atomic E-state index is 13.4. The Hall–Kier alpha value is -2.71. The molecule has 0 saturated carbocycles. The summed E-state index contributed by atoms with van der Waals surface area (Å²) >= 11 is 7.18. The quantitative estimate of drug-likeness (QED) is 0.416. The first-order chi connectivity index (χ1) is 15.4. The van der Waals surface area contributed by atoms with Crippen LogP contribution in [0, 0.1) is 5.92 Å². The van der Waals surface area contributed by atoms with Gasteiger partial charge in [0.05, 0.1) is 17.7 Å². The van der Waals surface area contributed by atoms with Crippen LogP contribution in [0.5, 0.6) is 0 Å². The Balaban J connectivity index is 2.15. The number of amides is 1. The van der Waals surface area contributed by atoms with E-state index in [0.29, 0.717) is 21.1 Å². The van der Waals surface area contributed by atoms with E-state index in [-0.39, 0.29) is 29.5 Å². The number of thiophene rings is 1. The molecular weight excluding hydrogens is 450 g/mol. The monoisotopic (exact) mass is 475 g/mol. The van der Waals surface area contributed by atoms with E-state index in [1.54, 1.807) is 36.6 Å². The largest absolute Gasteiger partial charge is 0.461 e. The average Bonchev–Trinajstić information content (AvgIpc) is 3.19. The van der Waals surface area contributed by atoms with Gasteiger partial charge in [0.15, 0.2) is 5.69 Å². The molecule has 2 heterocycles. The van der Waals surface area contributed by atoms with Gasteiger partial charge in [-0.2, -0.15) is 9.78 Å². The lowest BCUT2D eigenvalue weighted by Crippen LogP contribution is -2.26. The van der Waals surface area contributed by atoms with Crippen molar-refractivity contribution in [3.05, 3.63) is 50.7 Å². The molecule has 1 amide bonds. The van der Waals surface area contributed by atoms with Crippen LogP contribution in [0.25, 0.3) is 16.5 Å². The number of benzene rings is 1. The second kappa shape index (κ2) is 10.7. The van der Waals surface area contributed by atoms with Crippen molar-refractivity contribution in [2.24, 2.45) is 5.92 Å². The van der Waals surface area contributed by atoms with Crippen molar-refractivity contribution in [1.29, 1.82) is 0 Å². The number of hydrogen-bond donors (Lipinski definition) is 1. The summed E-state index contributed by atoms with van der Waals surface area (Å²) in [6.07, 6.45) is 3.33. The van der Waals surface area contributed by atoms with Gasteiger partial charge in [-0.15, -0.1) is 11.3 Å². The summed E-state index contributed by atoms with van der Waals surface area (Å²) in [6, 6.07) is 6.55. The van der Waals surface area contributed by atoms with Crippen molar-refractivity contribution in [1.82, 2.24) is 9.78 Å². The van der Waals surface area contributed by atoms with Crippen LogP contribution >= 0.6 is 22.9 Å². The fourth-order valence-electron chi connectivity index (χ4n) is 3.57. The van der Waals surface area contributed by atoms with Crippen molar-refractivity contribution in [3.63, 3.8) is 0 Å². The lowest BCUT2D eigenvalue weighted by molar-refractivity contribution is -0.120. The molecule has 9 heteroatoms. The van der Waals surface area contributed by atoms with Crippen molar-refractivity contribution < 1.29 is 14.3 Å². The number of hydrogen-bond acceptors (Lipinski definition) is 6. The molecule has 170 valence electrons. The zero-order valence-corrected chi connectivity index (χ0v) is 19.9. The van der Waals surface area contributed by atoms with Crippen molar-refractivity contribution in [2.45, 2.75) is 46.5 Å². The average molecular weight is 476 g/mol. The normalized spacial score (nSPS) is 11.2. The smallest absolute Gasteiger partial charge is 0.359 e. The van der Waals surface area contributed by atoms with Gasteiger partial charge in [-0.05, 0) is 44.0 Å². The Labute approximate surface area is 195 Å². The molecule has 0 spiro atoms. The number of rotatable bonds is 9. The summed E-state index contributed by atoms with van der Waals surface area (Å²) in [4.78, 5) is 38.9. The third-order valence-electron chi connectivity index (χ3n) is 5.07. The molecule has 0 saturated heterocycles. The van der Waals surface area contributed by atoms with Crippen LogP contribution in [0.2, 0.25) is 5.02 Å². The molecule has 0 aliphatic heterocycles. The Kier molecular flexibility index (Phi) is 8.04. The van der Waals surface area contributed by atoms with Gasteiger partial charge in [-0.1, -0.05) is 38.3 Å². The molecule has 1 N–H and O–H groups in total. The maximum Gasteiger partial charge on any atom is 0.359 e. The third-order valence-corrected chi connectivity index (χ3v) is 6.22. The fraction of sp³-hybridized carbons (Fsp3) is 0.391.